The number of halogens is 3. The molecule has 33 heavy (non-hydrogen) atoms. The number of alkyl halides is 3. The highest BCUT2D eigenvalue weighted by molar-refractivity contribution is 5.95. The van der Waals surface area contributed by atoms with E-state index in [1.165, 1.54) is 13.3 Å². The number of morpholine rings is 1. The van der Waals surface area contributed by atoms with Crippen LogP contribution in [0.2, 0.25) is 0 Å². The maximum atomic E-state index is 13.4. The number of aromatic nitrogens is 4. The third-order valence-corrected chi connectivity index (χ3v) is 5.68. The van der Waals surface area contributed by atoms with Crippen molar-refractivity contribution < 1.29 is 27.4 Å². The summed E-state index contributed by atoms with van der Waals surface area (Å²) in [5.74, 6) is 0.401. The van der Waals surface area contributed by atoms with E-state index in [0.29, 0.717) is 37.6 Å². The lowest BCUT2D eigenvalue weighted by molar-refractivity contribution is -0.136. The van der Waals surface area contributed by atoms with Crippen molar-refractivity contribution in [3.63, 3.8) is 0 Å². The molecular weight excluding hydrogens is 441 g/mol. The second-order valence-electron chi connectivity index (χ2n) is 7.93. The molecule has 1 aliphatic heterocycles. The Kier molecular flexibility index (Phi) is 5.31. The second-order valence-corrected chi connectivity index (χ2v) is 7.93. The van der Waals surface area contributed by atoms with Gasteiger partial charge in [-0.3, -0.25) is 4.79 Å². The highest BCUT2D eigenvalue weighted by Crippen LogP contribution is 2.45. The molecule has 2 fully saturated rings. The van der Waals surface area contributed by atoms with Gasteiger partial charge in [-0.1, -0.05) is 0 Å². The largest absolute Gasteiger partial charge is 0.493 e. The quantitative estimate of drug-likeness (QED) is 0.598. The molecule has 0 bridgehead atoms. The highest BCUT2D eigenvalue weighted by atomic mass is 19.4. The minimum Gasteiger partial charge on any atom is -0.493 e. The predicted molar refractivity (Wildman–Crippen MR) is 112 cm³/mol. The topological polar surface area (TPSA) is 105 Å². The Balaban J connectivity index is 1.46. The highest BCUT2D eigenvalue weighted by Gasteiger charge is 2.38. The summed E-state index contributed by atoms with van der Waals surface area (Å²) in [6.07, 6.45) is -0.630. The molecule has 0 aromatic carbocycles. The summed E-state index contributed by atoms with van der Waals surface area (Å²) in [5.41, 5.74) is 0.0372. The van der Waals surface area contributed by atoms with Crippen LogP contribution >= 0.6 is 0 Å². The number of carbonyl (C=O) groups excluding carboxylic acids is 1. The van der Waals surface area contributed by atoms with Crippen molar-refractivity contribution in [3.05, 3.63) is 35.3 Å². The van der Waals surface area contributed by atoms with Crippen molar-refractivity contribution in [2.24, 2.45) is 0 Å². The minimum atomic E-state index is -4.51. The van der Waals surface area contributed by atoms with E-state index in [4.69, 9.17) is 9.47 Å². The fourth-order valence-electron chi connectivity index (χ4n) is 3.86. The molecule has 5 rings (SSSR count). The molecule has 0 spiro atoms. The summed E-state index contributed by atoms with van der Waals surface area (Å²) in [5, 5.41) is 2.93. The van der Waals surface area contributed by atoms with Gasteiger partial charge in [-0.25, -0.2) is 9.97 Å². The fraction of sp³-hybridized carbons (Fsp3) is 0.429. The van der Waals surface area contributed by atoms with Crippen LogP contribution in [0.4, 0.5) is 24.9 Å². The van der Waals surface area contributed by atoms with E-state index in [1.54, 1.807) is 11.0 Å². The number of anilines is 2. The first-order valence-corrected chi connectivity index (χ1v) is 10.5. The monoisotopic (exact) mass is 462 g/mol. The van der Waals surface area contributed by atoms with E-state index in [-0.39, 0.29) is 40.4 Å². The maximum absolute atomic E-state index is 13.4. The van der Waals surface area contributed by atoms with Crippen LogP contribution in [0.1, 0.15) is 40.4 Å². The number of aromatic amines is 1. The molecule has 0 radical (unpaired) electrons. The number of amides is 1. The van der Waals surface area contributed by atoms with Gasteiger partial charge in [-0.2, -0.15) is 18.2 Å². The van der Waals surface area contributed by atoms with E-state index >= 15 is 0 Å². The standard InChI is InChI=1S/C21H21F3N6O3/c1-32-14-8-12(19(31)30-4-6-33-7-5-30)9-25-17(14)28-20-27-16(11-2-3-11)15-13(21(22,23)24)10-26-18(15)29-20/h8-11H,2-7H2,1H3,(H2,25,26,27,28,29). The van der Waals surface area contributed by atoms with Gasteiger partial charge < -0.3 is 24.7 Å². The van der Waals surface area contributed by atoms with Gasteiger partial charge in [-0.05, 0) is 18.9 Å². The van der Waals surface area contributed by atoms with Gasteiger partial charge in [0.2, 0.25) is 5.95 Å². The molecular formula is C21H21F3N6O3. The number of hydrogen-bond acceptors (Lipinski definition) is 7. The number of carbonyl (C=O) groups is 1. The maximum Gasteiger partial charge on any atom is 0.418 e. The number of pyridine rings is 1. The molecule has 1 amide bonds. The molecule has 1 aliphatic carbocycles. The lowest BCUT2D eigenvalue weighted by Crippen LogP contribution is -2.40. The second kappa shape index (κ2) is 8.18. The first kappa shape index (κ1) is 21.4. The summed E-state index contributed by atoms with van der Waals surface area (Å²) in [6.45, 7) is 1.95. The Labute approximate surface area is 186 Å². The van der Waals surface area contributed by atoms with Crippen LogP contribution in [0, 0.1) is 0 Å². The smallest absolute Gasteiger partial charge is 0.418 e. The van der Waals surface area contributed by atoms with Crippen LogP contribution in [0.3, 0.4) is 0 Å². The van der Waals surface area contributed by atoms with E-state index in [1.807, 2.05) is 0 Å². The first-order chi connectivity index (χ1) is 15.8. The van der Waals surface area contributed by atoms with Crippen LogP contribution in [0.5, 0.6) is 5.75 Å². The van der Waals surface area contributed by atoms with Gasteiger partial charge >= 0.3 is 6.18 Å². The summed E-state index contributed by atoms with van der Waals surface area (Å²) >= 11 is 0. The zero-order valence-electron chi connectivity index (χ0n) is 17.7. The normalized spacial score (nSPS) is 16.8. The molecule has 2 N–H and O–H groups in total. The molecule has 0 atom stereocenters. The van der Waals surface area contributed by atoms with Crippen molar-refractivity contribution >= 4 is 28.7 Å². The van der Waals surface area contributed by atoms with Crippen molar-refractivity contribution in [1.82, 2.24) is 24.8 Å². The number of methoxy groups -OCH3 is 1. The molecule has 3 aromatic rings. The first-order valence-electron chi connectivity index (χ1n) is 10.5. The van der Waals surface area contributed by atoms with E-state index in [0.717, 1.165) is 19.0 Å². The minimum absolute atomic E-state index is 0.00179. The number of rotatable bonds is 5. The summed E-state index contributed by atoms with van der Waals surface area (Å²) in [7, 11) is 1.44. The predicted octanol–water partition coefficient (Wildman–Crippen LogP) is 3.47. The average Bonchev–Trinajstić information content (AvgIpc) is 3.56. The number of H-pyrrole nitrogens is 1. The SMILES string of the molecule is COc1cc(C(=O)N2CCOCC2)cnc1Nc1nc(C2CC2)c2c(C(F)(F)F)c[nH]c2n1. The van der Waals surface area contributed by atoms with Gasteiger partial charge in [0.05, 0.1) is 42.5 Å². The lowest BCUT2D eigenvalue weighted by atomic mass is 10.1. The third kappa shape index (κ3) is 4.17. The third-order valence-electron chi connectivity index (χ3n) is 5.68. The molecule has 174 valence electrons. The van der Waals surface area contributed by atoms with Crippen LogP contribution < -0.4 is 10.1 Å². The Bertz CT molecular complexity index is 1200. The van der Waals surface area contributed by atoms with Crippen LogP contribution in [-0.4, -0.2) is 64.2 Å². The van der Waals surface area contributed by atoms with Crippen LogP contribution in [0.25, 0.3) is 11.0 Å². The molecule has 0 unspecified atom stereocenters. The van der Waals surface area contributed by atoms with Crippen LogP contribution in [0.15, 0.2) is 18.5 Å². The molecule has 1 saturated carbocycles. The van der Waals surface area contributed by atoms with Crippen LogP contribution in [-0.2, 0) is 10.9 Å². The lowest BCUT2D eigenvalue weighted by Gasteiger charge is -2.26. The average molecular weight is 462 g/mol. The number of nitrogens with zero attached hydrogens (tertiary/aromatic N) is 4. The summed E-state index contributed by atoms with van der Waals surface area (Å²) in [6, 6.07) is 1.56. The van der Waals surface area contributed by atoms with Crippen molar-refractivity contribution in [3.8, 4) is 5.75 Å². The van der Waals surface area contributed by atoms with E-state index in [9.17, 15) is 18.0 Å². The Morgan fingerprint density at radius 1 is 1.27 bits per heavy atom. The summed E-state index contributed by atoms with van der Waals surface area (Å²) in [4.78, 5) is 29.9. The Morgan fingerprint density at radius 2 is 2.03 bits per heavy atom. The number of nitrogens with one attached hydrogen (secondary N) is 2. The van der Waals surface area contributed by atoms with Gasteiger partial charge in [0.25, 0.3) is 5.91 Å². The van der Waals surface area contributed by atoms with Gasteiger partial charge in [0.1, 0.15) is 5.65 Å². The molecule has 4 heterocycles. The van der Waals surface area contributed by atoms with E-state index < -0.39 is 11.7 Å². The number of fused-ring (bicyclic) bond motifs is 1. The number of ether oxygens (including phenoxy) is 2. The molecule has 9 nitrogen and oxygen atoms in total. The van der Waals surface area contributed by atoms with E-state index in [2.05, 4.69) is 25.3 Å². The van der Waals surface area contributed by atoms with Gasteiger partial charge in [0.15, 0.2) is 11.6 Å². The van der Waals surface area contributed by atoms with Crippen molar-refractivity contribution in [1.29, 1.82) is 0 Å². The molecule has 3 aromatic heterocycles. The Hall–Kier alpha value is -3.41. The van der Waals surface area contributed by atoms with Crippen molar-refractivity contribution in [2.75, 3.05) is 38.7 Å². The zero-order chi connectivity index (χ0) is 23.2. The summed E-state index contributed by atoms with van der Waals surface area (Å²) < 4.78 is 51.0. The fourth-order valence-corrected chi connectivity index (χ4v) is 3.86. The van der Waals surface area contributed by atoms with Gasteiger partial charge in [-0.15, -0.1) is 0 Å². The molecule has 12 heteroatoms. The number of hydrogen-bond donors (Lipinski definition) is 2. The van der Waals surface area contributed by atoms with Crippen molar-refractivity contribution in [2.45, 2.75) is 24.9 Å². The Morgan fingerprint density at radius 3 is 2.70 bits per heavy atom. The van der Waals surface area contributed by atoms with Gasteiger partial charge in [0, 0.05) is 31.4 Å². The molecule has 2 aliphatic rings. The molecule has 1 saturated heterocycles. The zero-order valence-corrected chi connectivity index (χ0v) is 17.7.